The van der Waals surface area contributed by atoms with Crippen LogP contribution in [0.1, 0.15) is 25.0 Å². The summed E-state index contributed by atoms with van der Waals surface area (Å²) < 4.78 is 5.61. The van der Waals surface area contributed by atoms with Gasteiger partial charge in [0.05, 0.1) is 12.2 Å². The number of thiazole rings is 1. The number of aliphatic imine (C=N–C) groups is 1. The zero-order valence-electron chi connectivity index (χ0n) is 14.2. The van der Waals surface area contributed by atoms with E-state index in [1.165, 1.54) is 12.8 Å². The van der Waals surface area contributed by atoms with Crippen LogP contribution in [0.4, 0.5) is 5.13 Å². The number of guanidine groups is 1. The van der Waals surface area contributed by atoms with Gasteiger partial charge in [0.2, 0.25) is 0 Å². The van der Waals surface area contributed by atoms with E-state index in [4.69, 9.17) is 4.74 Å². The van der Waals surface area contributed by atoms with Crippen molar-refractivity contribution in [2.75, 3.05) is 45.8 Å². The van der Waals surface area contributed by atoms with Crippen molar-refractivity contribution in [2.45, 2.75) is 25.8 Å². The first kappa shape index (κ1) is 20.4. The molecule has 0 saturated heterocycles. The maximum atomic E-state index is 5.61. The Morgan fingerprint density at radius 2 is 2.22 bits per heavy atom. The average Bonchev–Trinajstić information content (AvgIpc) is 3.20. The normalized spacial score (nSPS) is 14.3. The topological polar surface area (TPSA) is 61.8 Å². The van der Waals surface area contributed by atoms with Crippen LogP contribution in [-0.2, 0) is 11.3 Å². The van der Waals surface area contributed by atoms with Crippen LogP contribution in [0.15, 0.2) is 10.4 Å². The summed E-state index contributed by atoms with van der Waals surface area (Å²) in [4.78, 5) is 10.8. The zero-order valence-corrected chi connectivity index (χ0v) is 17.3. The molecule has 0 aromatic carbocycles. The Labute approximate surface area is 160 Å². The third-order valence-corrected chi connectivity index (χ3v) is 4.45. The molecule has 23 heavy (non-hydrogen) atoms. The smallest absolute Gasteiger partial charge is 0.191 e. The number of nitrogens with one attached hydrogen (secondary N) is 2. The van der Waals surface area contributed by atoms with Crippen LogP contribution in [0.2, 0.25) is 0 Å². The molecule has 1 aromatic rings. The van der Waals surface area contributed by atoms with Gasteiger partial charge in [-0.1, -0.05) is 0 Å². The number of nitrogens with zero attached hydrogens (tertiary/aromatic N) is 3. The van der Waals surface area contributed by atoms with Gasteiger partial charge in [0.25, 0.3) is 0 Å². The molecule has 2 N–H and O–H groups in total. The van der Waals surface area contributed by atoms with Gasteiger partial charge in [0.15, 0.2) is 11.1 Å². The van der Waals surface area contributed by atoms with E-state index in [1.54, 1.807) is 18.4 Å². The SMILES string of the molecule is CN=C(NCCCOCC1CC1)NCc1csc(N(C)C)n1.I. The maximum absolute atomic E-state index is 5.61. The Morgan fingerprint density at radius 1 is 1.43 bits per heavy atom. The van der Waals surface area contributed by atoms with Gasteiger partial charge in [-0.2, -0.15) is 0 Å². The second kappa shape index (κ2) is 11.0. The van der Waals surface area contributed by atoms with Crippen molar-refractivity contribution in [3.05, 3.63) is 11.1 Å². The summed E-state index contributed by atoms with van der Waals surface area (Å²) in [6.45, 7) is 3.30. The Hall–Kier alpha value is -0.610. The van der Waals surface area contributed by atoms with Crippen molar-refractivity contribution < 1.29 is 4.74 Å². The Kier molecular flexibility index (Phi) is 9.80. The highest BCUT2D eigenvalue weighted by Gasteiger charge is 2.20. The minimum atomic E-state index is 0. The van der Waals surface area contributed by atoms with E-state index in [1.807, 2.05) is 19.0 Å². The Bertz CT molecular complexity index is 476. The number of anilines is 1. The van der Waals surface area contributed by atoms with Crippen LogP contribution in [0.5, 0.6) is 0 Å². The lowest BCUT2D eigenvalue weighted by Gasteiger charge is -2.11. The van der Waals surface area contributed by atoms with Crippen molar-refractivity contribution in [3.63, 3.8) is 0 Å². The molecule has 0 radical (unpaired) electrons. The molecule has 8 heteroatoms. The van der Waals surface area contributed by atoms with Crippen molar-refractivity contribution in [1.82, 2.24) is 15.6 Å². The summed E-state index contributed by atoms with van der Waals surface area (Å²) >= 11 is 1.65. The summed E-state index contributed by atoms with van der Waals surface area (Å²) in [5.74, 6) is 1.65. The molecular formula is C15H28IN5OS. The van der Waals surface area contributed by atoms with Crippen molar-refractivity contribution >= 4 is 46.4 Å². The van der Waals surface area contributed by atoms with Gasteiger partial charge >= 0.3 is 0 Å². The molecule has 2 rings (SSSR count). The van der Waals surface area contributed by atoms with Gasteiger partial charge < -0.3 is 20.3 Å². The first-order valence-electron chi connectivity index (χ1n) is 7.83. The first-order chi connectivity index (χ1) is 10.7. The molecular weight excluding hydrogens is 425 g/mol. The molecule has 6 nitrogen and oxygen atoms in total. The van der Waals surface area contributed by atoms with E-state index in [0.29, 0.717) is 6.54 Å². The predicted octanol–water partition coefficient (Wildman–Crippen LogP) is 2.31. The van der Waals surface area contributed by atoms with Crippen molar-refractivity contribution in [2.24, 2.45) is 10.9 Å². The monoisotopic (exact) mass is 453 g/mol. The summed E-state index contributed by atoms with van der Waals surface area (Å²) in [5.41, 5.74) is 1.03. The molecule has 132 valence electrons. The van der Waals surface area contributed by atoms with E-state index < -0.39 is 0 Å². The van der Waals surface area contributed by atoms with Gasteiger partial charge in [-0.3, -0.25) is 4.99 Å². The highest BCUT2D eigenvalue weighted by atomic mass is 127. The van der Waals surface area contributed by atoms with E-state index in [0.717, 1.165) is 48.9 Å². The van der Waals surface area contributed by atoms with Crippen LogP contribution < -0.4 is 15.5 Å². The van der Waals surface area contributed by atoms with Gasteiger partial charge in [-0.25, -0.2) is 4.98 Å². The molecule has 1 aliphatic rings. The van der Waals surface area contributed by atoms with Crippen molar-refractivity contribution in [1.29, 1.82) is 0 Å². The Balaban J connectivity index is 0.00000264. The fraction of sp³-hybridized carbons (Fsp3) is 0.733. The lowest BCUT2D eigenvalue weighted by atomic mass is 10.4. The minimum Gasteiger partial charge on any atom is -0.381 e. The molecule has 0 atom stereocenters. The quantitative estimate of drug-likeness (QED) is 0.260. The van der Waals surface area contributed by atoms with E-state index in [2.05, 4.69) is 26.0 Å². The Morgan fingerprint density at radius 3 is 2.83 bits per heavy atom. The van der Waals surface area contributed by atoms with Crippen LogP contribution in [-0.4, -0.2) is 51.8 Å². The average molecular weight is 453 g/mol. The number of hydrogen-bond donors (Lipinski definition) is 2. The molecule has 1 aliphatic carbocycles. The third kappa shape index (κ3) is 8.16. The van der Waals surface area contributed by atoms with Gasteiger partial charge in [-0.05, 0) is 25.2 Å². The largest absolute Gasteiger partial charge is 0.381 e. The third-order valence-electron chi connectivity index (χ3n) is 3.39. The van der Waals surface area contributed by atoms with Gasteiger partial charge in [0, 0.05) is 46.3 Å². The van der Waals surface area contributed by atoms with Crippen LogP contribution >= 0.6 is 35.3 Å². The fourth-order valence-electron chi connectivity index (χ4n) is 1.89. The molecule has 1 fully saturated rings. The lowest BCUT2D eigenvalue weighted by molar-refractivity contribution is 0.123. The number of hydrogen-bond acceptors (Lipinski definition) is 5. The highest BCUT2D eigenvalue weighted by Crippen LogP contribution is 2.28. The minimum absolute atomic E-state index is 0. The number of halogens is 1. The van der Waals surface area contributed by atoms with Crippen LogP contribution in [0.25, 0.3) is 0 Å². The van der Waals surface area contributed by atoms with Gasteiger partial charge in [0.1, 0.15) is 0 Å². The lowest BCUT2D eigenvalue weighted by Crippen LogP contribution is -2.37. The van der Waals surface area contributed by atoms with Crippen LogP contribution in [0.3, 0.4) is 0 Å². The van der Waals surface area contributed by atoms with Crippen LogP contribution in [0, 0.1) is 5.92 Å². The van der Waals surface area contributed by atoms with E-state index in [-0.39, 0.29) is 24.0 Å². The second-order valence-corrected chi connectivity index (χ2v) is 6.58. The molecule has 1 saturated carbocycles. The standard InChI is InChI=1S/C15H27N5OS.HI/c1-16-14(17-7-4-8-21-10-12-5-6-12)18-9-13-11-22-15(19-13)20(2)3;/h11-12H,4-10H2,1-3H3,(H2,16,17,18);1H. The number of aromatic nitrogens is 1. The molecule has 0 amide bonds. The fourth-order valence-corrected chi connectivity index (χ4v) is 2.65. The summed E-state index contributed by atoms with van der Waals surface area (Å²) in [5, 5.41) is 9.67. The van der Waals surface area contributed by atoms with E-state index >= 15 is 0 Å². The molecule has 1 heterocycles. The second-order valence-electron chi connectivity index (χ2n) is 5.74. The van der Waals surface area contributed by atoms with Gasteiger partial charge in [-0.15, -0.1) is 35.3 Å². The first-order valence-corrected chi connectivity index (χ1v) is 8.71. The molecule has 0 spiro atoms. The van der Waals surface area contributed by atoms with Crippen molar-refractivity contribution in [3.8, 4) is 0 Å². The summed E-state index contributed by atoms with van der Waals surface area (Å²) in [6.07, 6.45) is 3.69. The number of rotatable bonds is 9. The van der Waals surface area contributed by atoms with E-state index in [9.17, 15) is 0 Å². The number of ether oxygens (including phenoxy) is 1. The molecule has 1 aromatic heterocycles. The summed E-state index contributed by atoms with van der Waals surface area (Å²) in [7, 11) is 5.79. The zero-order chi connectivity index (χ0) is 15.8. The molecule has 0 bridgehead atoms. The molecule has 0 unspecified atom stereocenters. The molecule has 0 aliphatic heterocycles. The summed E-state index contributed by atoms with van der Waals surface area (Å²) in [6, 6.07) is 0. The predicted molar refractivity (Wildman–Crippen MR) is 108 cm³/mol. The highest BCUT2D eigenvalue weighted by molar-refractivity contribution is 14.0. The maximum Gasteiger partial charge on any atom is 0.191 e.